The number of anilines is 1. The summed E-state index contributed by atoms with van der Waals surface area (Å²) >= 11 is 0. The summed E-state index contributed by atoms with van der Waals surface area (Å²) in [6, 6.07) is 8.81. The number of nitrogens with one attached hydrogen (secondary N) is 2. The molecular weight excluding hydrogens is 422 g/mol. The molecule has 0 aromatic heterocycles. The van der Waals surface area contributed by atoms with Crippen LogP contribution >= 0.6 is 0 Å². The minimum atomic E-state index is -1.57. The monoisotopic (exact) mass is 447 g/mol. The molecule has 3 rings (SSSR count). The maximum atomic E-state index is 12.8. The van der Waals surface area contributed by atoms with Crippen LogP contribution in [0.3, 0.4) is 0 Å². The zero-order valence-corrected chi connectivity index (χ0v) is 17.5. The Balaban J connectivity index is 1.52. The number of rotatable bonds is 9. The Hall–Kier alpha value is -3.15. The second-order valence-electron chi connectivity index (χ2n) is 7.18. The summed E-state index contributed by atoms with van der Waals surface area (Å²) in [5.41, 5.74) is 13.5. The van der Waals surface area contributed by atoms with Crippen LogP contribution in [0.2, 0.25) is 0 Å². The number of nitrogens with two attached hydrogens (primary N) is 2. The van der Waals surface area contributed by atoms with Crippen LogP contribution in [-0.4, -0.2) is 49.7 Å². The normalized spacial score (nSPS) is 15.1. The molecule has 2 atom stereocenters. The van der Waals surface area contributed by atoms with Crippen molar-refractivity contribution >= 4 is 28.5 Å². The molecule has 2 aromatic carbocycles. The van der Waals surface area contributed by atoms with E-state index in [0.29, 0.717) is 26.2 Å². The SMILES string of the molecule is NC(=O)C[C@H](N)C(=O)NCCNc1ccc2c(c1)CN(S(=O)c1ccc(O)cc1O)C2. The van der Waals surface area contributed by atoms with Crippen LogP contribution in [0.5, 0.6) is 11.5 Å². The van der Waals surface area contributed by atoms with Gasteiger partial charge < -0.3 is 32.3 Å². The van der Waals surface area contributed by atoms with Gasteiger partial charge in [0.25, 0.3) is 0 Å². The molecule has 0 bridgehead atoms. The number of primary amides is 1. The van der Waals surface area contributed by atoms with E-state index < -0.39 is 28.8 Å². The molecule has 31 heavy (non-hydrogen) atoms. The van der Waals surface area contributed by atoms with E-state index in [-0.39, 0.29) is 22.8 Å². The number of hydrogen-bond donors (Lipinski definition) is 6. The molecule has 166 valence electrons. The van der Waals surface area contributed by atoms with Gasteiger partial charge in [-0.05, 0) is 35.4 Å². The van der Waals surface area contributed by atoms with Gasteiger partial charge in [-0.15, -0.1) is 0 Å². The van der Waals surface area contributed by atoms with Crippen molar-refractivity contribution in [3.8, 4) is 11.5 Å². The Morgan fingerprint density at radius 2 is 1.84 bits per heavy atom. The van der Waals surface area contributed by atoms with Gasteiger partial charge in [-0.1, -0.05) is 6.07 Å². The third-order valence-electron chi connectivity index (χ3n) is 4.78. The highest BCUT2D eigenvalue weighted by molar-refractivity contribution is 7.82. The van der Waals surface area contributed by atoms with E-state index in [1.165, 1.54) is 12.1 Å². The smallest absolute Gasteiger partial charge is 0.237 e. The fourth-order valence-corrected chi connectivity index (χ4v) is 4.43. The summed E-state index contributed by atoms with van der Waals surface area (Å²) in [6.07, 6.45) is -0.204. The summed E-state index contributed by atoms with van der Waals surface area (Å²) in [5.74, 6) is -1.38. The minimum Gasteiger partial charge on any atom is -0.508 e. The molecule has 0 spiro atoms. The van der Waals surface area contributed by atoms with E-state index >= 15 is 0 Å². The number of hydrogen-bond acceptors (Lipinski definition) is 7. The van der Waals surface area contributed by atoms with E-state index in [0.717, 1.165) is 22.9 Å². The van der Waals surface area contributed by atoms with Crippen LogP contribution in [0.4, 0.5) is 5.69 Å². The number of fused-ring (bicyclic) bond motifs is 1. The highest BCUT2D eigenvalue weighted by Crippen LogP contribution is 2.32. The number of carbonyl (C=O) groups is 2. The predicted molar refractivity (Wildman–Crippen MR) is 115 cm³/mol. The average molecular weight is 448 g/mol. The van der Waals surface area contributed by atoms with Crippen LogP contribution in [0.25, 0.3) is 0 Å². The molecule has 0 fully saturated rings. The van der Waals surface area contributed by atoms with Crippen LogP contribution in [-0.2, 0) is 33.7 Å². The Morgan fingerprint density at radius 1 is 1.10 bits per heavy atom. The van der Waals surface area contributed by atoms with Crippen molar-refractivity contribution in [3.05, 3.63) is 47.5 Å². The summed E-state index contributed by atoms with van der Waals surface area (Å²) < 4.78 is 14.6. The van der Waals surface area contributed by atoms with E-state index in [9.17, 15) is 24.0 Å². The molecule has 1 aliphatic heterocycles. The number of amides is 2. The quantitative estimate of drug-likeness (QED) is 0.291. The number of benzene rings is 2. The van der Waals surface area contributed by atoms with Gasteiger partial charge in [0.05, 0.1) is 17.4 Å². The van der Waals surface area contributed by atoms with Gasteiger partial charge in [-0.25, -0.2) is 8.51 Å². The van der Waals surface area contributed by atoms with Crippen LogP contribution in [0, 0.1) is 0 Å². The summed E-state index contributed by atoms with van der Waals surface area (Å²) in [6.45, 7) is 1.68. The fraction of sp³-hybridized carbons (Fsp3) is 0.300. The third kappa shape index (κ3) is 5.72. The first-order valence-corrected chi connectivity index (χ1v) is 10.7. The zero-order chi connectivity index (χ0) is 22.5. The predicted octanol–water partition coefficient (Wildman–Crippen LogP) is -0.133. The topological polar surface area (TPSA) is 171 Å². The minimum absolute atomic E-state index is 0.0929. The van der Waals surface area contributed by atoms with Gasteiger partial charge in [0, 0.05) is 37.9 Å². The van der Waals surface area contributed by atoms with Crippen LogP contribution in [0.15, 0.2) is 41.3 Å². The summed E-state index contributed by atoms with van der Waals surface area (Å²) in [7, 11) is -1.57. The maximum Gasteiger partial charge on any atom is 0.237 e. The van der Waals surface area contributed by atoms with E-state index in [2.05, 4.69) is 10.6 Å². The molecule has 0 aliphatic carbocycles. The molecule has 0 saturated carbocycles. The highest BCUT2D eigenvalue weighted by atomic mass is 32.2. The lowest BCUT2D eigenvalue weighted by Crippen LogP contribution is -2.44. The molecule has 10 nitrogen and oxygen atoms in total. The van der Waals surface area contributed by atoms with Crippen molar-refractivity contribution in [3.63, 3.8) is 0 Å². The molecule has 8 N–H and O–H groups in total. The van der Waals surface area contributed by atoms with Crippen molar-refractivity contribution in [2.75, 3.05) is 18.4 Å². The molecule has 11 heteroatoms. The first-order chi connectivity index (χ1) is 14.7. The molecule has 1 heterocycles. The highest BCUT2D eigenvalue weighted by Gasteiger charge is 2.26. The molecule has 1 unspecified atom stereocenters. The van der Waals surface area contributed by atoms with E-state index in [1.807, 2.05) is 18.2 Å². The maximum absolute atomic E-state index is 12.8. The van der Waals surface area contributed by atoms with Gasteiger partial charge in [-0.2, -0.15) is 0 Å². The first kappa shape index (κ1) is 22.5. The van der Waals surface area contributed by atoms with E-state index in [1.54, 1.807) is 4.31 Å². The Morgan fingerprint density at radius 3 is 2.55 bits per heavy atom. The molecular formula is C20H25N5O5S. The molecule has 2 amide bonds. The van der Waals surface area contributed by atoms with Gasteiger partial charge in [0.15, 0.2) is 0 Å². The Kier molecular flexibility index (Phi) is 7.10. The average Bonchev–Trinajstić information content (AvgIpc) is 3.13. The van der Waals surface area contributed by atoms with Gasteiger partial charge in [-0.3, -0.25) is 9.59 Å². The largest absolute Gasteiger partial charge is 0.508 e. The van der Waals surface area contributed by atoms with Gasteiger partial charge in [0.1, 0.15) is 22.5 Å². The zero-order valence-electron chi connectivity index (χ0n) is 16.7. The van der Waals surface area contributed by atoms with Crippen LogP contribution in [0.1, 0.15) is 17.5 Å². The lowest BCUT2D eigenvalue weighted by molar-refractivity contribution is -0.126. The lowest BCUT2D eigenvalue weighted by atomic mass is 10.1. The fourth-order valence-electron chi connectivity index (χ4n) is 3.22. The van der Waals surface area contributed by atoms with Crippen molar-refractivity contribution in [2.45, 2.75) is 30.4 Å². The number of phenols is 2. The number of aromatic hydroxyl groups is 2. The molecule has 1 aliphatic rings. The molecule has 2 aromatic rings. The summed E-state index contributed by atoms with van der Waals surface area (Å²) in [4.78, 5) is 22.8. The summed E-state index contributed by atoms with van der Waals surface area (Å²) in [5, 5.41) is 25.2. The van der Waals surface area contributed by atoms with Crippen molar-refractivity contribution in [1.29, 1.82) is 0 Å². The Bertz CT molecular complexity index is 1020. The van der Waals surface area contributed by atoms with Crippen molar-refractivity contribution < 1.29 is 24.0 Å². The second kappa shape index (κ2) is 9.77. The number of nitrogens with zero attached hydrogens (tertiary/aromatic N) is 1. The van der Waals surface area contributed by atoms with Crippen molar-refractivity contribution in [2.24, 2.45) is 11.5 Å². The third-order valence-corrected chi connectivity index (χ3v) is 6.22. The van der Waals surface area contributed by atoms with Gasteiger partial charge >= 0.3 is 0 Å². The lowest BCUT2D eigenvalue weighted by Gasteiger charge is -2.14. The Labute approximate surface area is 181 Å². The molecule has 0 radical (unpaired) electrons. The van der Waals surface area contributed by atoms with Crippen molar-refractivity contribution in [1.82, 2.24) is 9.62 Å². The number of carbonyl (C=O) groups excluding carboxylic acids is 2. The standard InChI is InChI=1S/C20H25N5O5S/c21-16(9-19(22)28)20(29)24-6-5-23-14-2-1-12-10-25(11-13(12)7-14)31(30)18-4-3-15(26)8-17(18)27/h1-4,7-8,16,23,26-27H,5-6,9-11,21H2,(H2,22,28)(H,24,29)/t16-,31?/m0/s1. The first-order valence-electron chi connectivity index (χ1n) is 9.60. The molecule has 0 saturated heterocycles. The second-order valence-corrected chi connectivity index (χ2v) is 8.63. The van der Waals surface area contributed by atoms with Crippen LogP contribution < -0.4 is 22.1 Å². The van der Waals surface area contributed by atoms with Gasteiger partial charge in [0.2, 0.25) is 11.8 Å². The number of phenolic OH excluding ortho intramolecular Hbond substituents is 2. The van der Waals surface area contributed by atoms with E-state index in [4.69, 9.17) is 11.5 Å².